The highest BCUT2D eigenvalue weighted by atomic mass is 16.5. The van der Waals surface area contributed by atoms with Crippen LogP contribution in [-0.2, 0) is 4.74 Å². The molecule has 1 rings (SSSR count). The van der Waals surface area contributed by atoms with Crippen molar-refractivity contribution < 1.29 is 9.84 Å². The highest BCUT2D eigenvalue weighted by Crippen LogP contribution is 2.24. The molecular weight excluding hydrogens is 202 g/mol. The molecule has 1 N–H and O–H groups in total. The van der Waals surface area contributed by atoms with E-state index in [0.29, 0.717) is 0 Å². The lowest BCUT2D eigenvalue weighted by Gasteiger charge is -2.46. The van der Waals surface area contributed by atoms with Gasteiger partial charge in [-0.25, -0.2) is 0 Å². The number of hydrogen-bond acceptors (Lipinski definition) is 3. The second-order valence-electron chi connectivity index (χ2n) is 5.48. The Bertz CT molecular complexity index is 188. The third-order valence-corrected chi connectivity index (χ3v) is 3.14. The predicted molar refractivity (Wildman–Crippen MR) is 66.6 cm³/mol. The van der Waals surface area contributed by atoms with Gasteiger partial charge in [0.2, 0.25) is 0 Å². The predicted octanol–water partition coefficient (Wildman–Crippen LogP) is 1.90. The smallest absolute Gasteiger partial charge is 0.0900 e. The van der Waals surface area contributed by atoms with Crippen LogP contribution in [0.15, 0.2) is 0 Å². The zero-order valence-corrected chi connectivity index (χ0v) is 11.0. The Kier molecular flexibility index (Phi) is 5.73. The van der Waals surface area contributed by atoms with Crippen molar-refractivity contribution in [3.63, 3.8) is 0 Å². The van der Waals surface area contributed by atoms with Gasteiger partial charge in [0.1, 0.15) is 0 Å². The number of ether oxygens (including phenoxy) is 1. The van der Waals surface area contributed by atoms with E-state index in [4.69, 9.17) is 4.74 Å². The van der Waals surface area contributed by atoms with Gasteiger partial charge in [-0.15, -0.1) is 0 Å². The molecule has 0 aromatic heterocycles. The molecule has 96 valence electrons. The summed E-state index contributed by atoms with van der Waals surface area (Å²) in [5.74, 6) is 0.721. The maximum Gasteiger partial charge on any atom is 0.0900 e. The summed E-state index contributed by atoms with van der Waals surface area (Å²) in [5.41, 5.74) is -0.396. The molecule has 0 aromatic rings. The van der Waals surface area contributed by atoms with Crippen LogP contribution in [0.5, 0.6) is 0 Å². The van der Waals surface area contributed by atoms with Gasteiger partial charge in [0.25, 0.3) is 0 Å². The minimum Gasteiger partial charge on any atom is -0.387 e. The molecule has 0 amide bonds. The fourth-order valence-corrected chi connectivity index (χ4v) is 2.18. The van der Waals surface area contributed by atoms with Gasteiger partial charge in [-0.05, 0) is 18.8 Å². The molecule has 1 heterocycles. The molecule has 3 heteroatoms. The Balaban J connectivity index is 1.93. The number of β-amino-alcohol motifs (C(OH)–C–C–N with tert-alkyl or cyclic N) is 1. The molecule has 1 saturated heterocycles. The molecule has 0 radical (unpaired) electrons. The second-order valence-corrected chi connectivity index (χ2v) is 5.48. The fraction of sp³-hybridized carbons (Fsp3) is 1.00. The number of hydrogen-bond donors (Lipinski definition) is 1. The van der Waals surface area contributed by atoms with Gasteiger partial charge in [-0.1, -0.05) is 27.2 Å². The summed E-state index contributed by atoms with van der Waals surface area (Å²) in [6.45, 7) is 10.8. The molecule has 0 unspecified atom stereocenters. The van der Waals surface area contributed by atoms with Crippen molar-refractivity contribution in [3.8, 4) is 0 Å². The molecule has 0 saturated carbocycles. The van der Waals surface area contributed by atoms with Crippen molar-refractivity contribution in [2.75, 3.05) is 32.8 Å². The lowest BCUT2D eigenvalue weighted by atomic mass is 9.89. The Hall–Kier alpha value is -0.120. The summed E-state index contributed by atoms with van der Waals surface area (Å²) in [4.78, 5) is 2.27. The minimum absolute atomic E-state index is 0.396. The molecule has 0 bridgehead atoms. The van der Waals surface area contributed by atoms with Crippen LogP contribution in [0.1, 0.15) is 40.0 Å². The normalized spacial score (nSPS) is 20.1. The zero-order chi connectivity index (χ0) is 12.0. The number of likely N-dealkylation sites (tertiary alicyclic amines) is 1. The maximum atomic E-state index is 9.97. The van der Waals surface area contributed by atoms with E-state index in [1.165, 1.54) is 0 Å². The molecule has 1 aliphatic heterocycles. The Labute approximate surface area is 99.8 Å². The first kappa shape index (κ1) is 13.9. The Morgan fingerprint density at radius 1 is 1.31 bits per heavy atom. The SMILES string of the molecule is CCCC1(O)CN(CCOCCC(C)C)C1. The van der Waals surface area contributed by atoms with Crippen LogP contribution in [-0.4, -0.2) is 48.5 Å². The standard InChI is InChI=1S/C13H27NO2/c1-4-6-13(15)10-14(11-13)7-9-16-8-5-12(2)3/h12,15H,4-11H2,1-3H3. The number of aliphatic hydroxyl groups is 1. The number of rotatable bonds is 8. The van der Waals surface area contributed by atoms with Crippen molar-refractivity contribution in [3.05, 3.63) is 0 Å². The average Bonchev–Trinajstić information content (AvgIpc) is 2.14. The van der Waals surface area contributed by atoms with Gasteiger partial charge in [0.05, 0.1) is 12.2 Å². The van der Waals surface area contributed by atoms with Crippen LogP contribution in [0.4, 0.5) is 0 Å². The zero-order valence-electron chi connectivity index (χ0n) is 11.0. The summed E-state index contributed by atoms with van der Waals surface area (Å²) in [7, 11) is 0. The molecule has 3 nitrogen and oxygen atoms in total. The van der Waals surface area contributed by atoms with Crippen LogP contribution in [0.2, 0.25) is 0 Å². The summed E-state index contributed by atoms with van der Waals surface area (Å²) >= 11 is 0. The van der Waals surface area contributed by atoms with Crippen molar-refractivity contribution in [1.29, 1.82) is 0 Å². The van der Waals surface area contributed by atoms with E-state index in [2.05, 4.69) is 25.7 Å². The molecule has 1 aliphatic rings. The number of nitrogens with zero attached hydrogens (tertiary/aromatic N) is 1. The molecular formula is C13H27NO2. The van der Waals surface area contributed by atoms with E-state index in [-0.39, 0.29) is 0 Å². The highest BCUT2D eigenvalue weighted by Gasteiger charge is 2.39. The summed E-state index contributed by atoms with van der Waals surface area (Å²) < 4.78 is 5.56. The Morgan fingerprint density at radius 2 is 2.00 bits per heavy atom. The van der Waals surface area contributed by atoms with Gasteiger partial charge in [-0.2, -0.15) is 0 Å². The largest absolute Gasteiger partial charge is 0.387 e. The lowest BCUT2D eigenvalue weighted by Crippen LogP contribution is -2.62. The van der Waals surface area contributed by atoms with E-state index >= 15 is 0 Å². The minimum atomic E-state index is -0.396. The van der Waals surface area contributed by atoms with Crippen LogP contribution >= 0.6 is 0 Å². The van der Waals surface area contributed by atoms with Gasteiger partial charge in [0, 0.05) is 26.2 Å². The highest BCUT2D eigenvalue weighted by molar-refractivity contribution is 4.94. The maximum absolute atomic E-state index is 9.97. The monoisotopic (exact) mass is 229 g/mol. The Morgan fingerprint density at radius 3 is 2.56 bits per heavy atom. The summed E-state index contributed by atoms with van der Waals surface area (Å²) in [5, 5.41) is 9.97. The van der Waals surface area contributed by atoms with Gasteiger partial charge in [0.15, 0.2) is 0 Å². The molecule has 0 spiro atoms. The molecule has 0 atom stereocenters. The third kappa shape index (κ3) is 4.81. The van der Waals surface area contributed by atoms with Crippen LogP contribution < -0.4 is 0 Å². The van der Waals surface area contributed by atoms with Crippen LogP contribution in [0.3, 0.4) is 0 Å². The first-order chi connectivity index (χ1) is 7.56. The van der Waals surface area contributed by atoms with E-state index in [1.54, 1.807) is 0 Å². The van der Waals surface area contributed by atoms with Gasteiger partial charge < -0.3 is 9.84 Å². The quantitative estimate of drug-likeness (QED) is 0.645. The van der Waals surface area contributed by atoms with Crippen molar-refractivity contribution in [2.24, 2.45) is 5.92 Å². The van der Waals surface area contributed by atoms with Crippen molar-refractivity contribution in [1.82, 2.24) is 4.90 Å². The first-order valence-electron chi connectivity index (χ1n) is 6.58. The summed E-state index contributed by atoms with van der Waals surface area (Å²) in [6.07, 6.45) is 3.13. The van der Waals surface area contributed by atoms with E-state index < -0.39 is 5.60 Å². The average molecular weight is 229 g/mol. The van der Waals surface area contributed by atoms with Gasteiger partial charge in [-0.3, -0.25) is 4.90 Å². The van der Waals surface area contributed by atoms with Crippen molar-refractivity contribution in [2.45, 2.75) is 45.6 Å². The topological polar surface area (TPSA) is 32.7 Å². The summed E-state index contributed by atoms with van der Waals surface area (Å²) in [6, 6.07) is 0. The third-order valence-electron chi connectivity index (χ3n) is 3.14. The lowest BCUT2D eigenvalue weighted by molar-refractivity contribution is -0.108. The molecule has 0 aliphatic carbocycles. The van der Waals surface area contributed by atoms with E-state index in [1.807, 2.05) is 0 Å². The van der Waals surface area contributed by atoms with Crippen LogP contribution in [0.25, 0.3) is 0 Å². The molecule has 1 fully saturated rings. The molecule has 0 aromatic carbocycles. The van der Waals surface area contributed by atoms with E-state index in [9.17, 15) is 5.11 Å². The fourth-order valence-electron chi connectivity index (χ4n) is 2.18. The van der Waals surface area contributed by atoms with E-state index in [0.717, 1.165) is 58.0 Å². The van der Waals surface area contributed by atoms with Gasteiger partial charge >= 0.3 is 0 Å². The second kappa shape index (κ2) is 6.58. The first-order valence-corrected chi connectivity index (χ1v) is 6.58. The molecule has 16 heavy (non-hydrogen) atoms. The van der Waals surface area contributed by atoms with Crippen LogP contribution in [0, 0.1) is 5.92 Å². The van der Waals surface area contributed by atoms with Crippen molar-refractivity contribution >= 4 is 0 Å².